The van der Waals surface area contributed by atoms with Crippen LogP contribution in [0.3, 0.4) is 0 Å². The SMILES string of the molecule is Cn1c(SCc2ccc(Br)cc2)nnc1-c1ccccc1Cl. The zero-order valence-corrected chi connectivity index (χ0v) is 15.0. The van der Waals surface area contributed by atoms with Crippen molar-refractivity contribution in [2.24, 2.45) is 7.05 Å². The predicted octanol–water partition coefficient (Wildman–Crippen LogP) is 5.19. The Morgan fingerprint density at radius 1 is 1.09 bits per heavy atom. The van der Waals surface area contributed by atoms with Crippen molar-refractivity contribution in [3.05, 3.63) is 63.6 Å². The van der Waals surface area contributed by atoms with Crippen molar-refractivity contribution in [1.29, 1.82) is 0 Å². The summed E-state index contributed by atoms with van der Waals surface area (Å²) in [5, 5.41) is 10.1. The first-order valence-electron chi connectivity index (χ1n) is 6.66. The molecule has 0 unspecified atom stereocenters. The zero-order valence-electron chi connectivity index (χ0n) is 11.8. The topological polar surface area (TPSA) is 30.7 Å². The van der Waals surface area contributed by atoms with E-state index < -0.39 is 0 Å². The maximum absolute atomic E-state index is 6.24. The summed E-state index contributed by atoms with van der Waals surface area (Å²) in [5.41, 5.74) is 2.14. The van der Waals surface area contributed by atoms with Crippen molar-refractivity contribution in [2.45, 2.75) is 10.9 Å². The van der Waals surface area contributed by atoms with Crippen LogP contribution in [0.5, 0.6) is 0 Å². The summed E-state index contributed by atoms with van der Waals surface area (Å²) >= 11 is 11.3. The maximum atomic E-state index is 6.24. The van der Waals surface area contributed by atoms with Crippen LogP contribution in [0.1, 0.15) is 5.56 Å². The molecule has 0 bridgehead atoms. The van der Waals surface area contributed by atoms with Crippen molar-refractivity contribution in [3.8, 4) is 11.4 Å². The van der Waals surface area contributed by atoms with Gasteiger partial charge >= 0.3 is 0 Å². The van der Waals surface area contributed by atoms with E-state index >= 15 is 0 Å². The van der Waals surface area contributed by atoms with E-state index in [-0.39, 0.29) is 0 Å². The smallest absolute Gasteiger partial charge is 0.191 e. The molecule has 0 aliphatic rings. The Labute approximate surface area is 146 Å². The van der Waals surface area contributed by atoms with Crippen LogP contribution in [-0.2, 0) is 12.8 Å². The second kappa shape index (κ2) is 6.86. The number of halogens is 2. The minimum Gasteiger partial charge on any atom is -0.305 e. The Morgan fingerprint density at radius 3 is 2.55 bits per heavy atom. The van der Waals surface area contributed by atoms with Crippen LogP contribution < -0.4 is 0 Å². The maximum Gasteiger partial charge on any atom is 0.191 e. The fourth-order valence-electron chi connectivity index (χ4n) is 2.05. The molecule has 0 atom stereocenters. The number of nitrogens with zero attached hydrogens (tertiary/aromatic N) is 3. The number of benzene rings is 2. The van der Waals surface area contributed by atoms with Crippen LogP contribution >= 0.6 is 39.3 Å². The average molecular weight is 395 g/mol. The van der Waals surface area contributed by atoms with Gasteiger partial charge in [0.15, 0.2) is 11.0 Å². The molecule has 1 heterocycles. The quantitative estimate of drug-likeness (QED) is 0.570. The summed E-state index contributed by atoms with van der Waals surface area (Å²) < 4.78 is 3.06. The molecular weight excluding hydrogens is 382 g/mol. The molecular formula is C16H13BrClN3S. The normalized spacial score (nSPS) is 10.9. The lowest BCUT2D eigenvalue weighted by molar-refractivity contribution is 0.794. The van der Waals surface area contributed by atoms with E-state index in [4.69, 9.17) is 11.6 Å². The third kappa shape index (κ3) is 3.37. The van der Waals surface area contributed by atoms with E-state index in [0.29, 0.717) is 5.02 Å². The van der Waals surface area contributed by atoms with Gasteiger partial charge in [0, 0.05) is 22.8 Å². The Morgan fingerprint density at radius 2 is 1.82 bits per heavy atom. The molecule has 0 amide bonds. The lowest BCUT2D eigenvalue weighted by atomic mass is 10.2. The molecule has 0 radical (unpaired) electrons. The Balaban J connectivity index is 1.79. The number of hydrogen-bond donors (Lipinski definition) is 0. The zero-order chi connectivity index (χ0) is 15.5. The van der Waals surface area contributed by atoms with Crippen LogP contribution in [0.15, 0.2) is 58.2 Å². The van der Waals surface area contributed by atoms with E-state index in [0.717, 1.165) is 26.8 Å². The first kappa shape index (κ1) is 15.6. The van der Waals surface area contributed by atoms with Crippen LogP contribution in [-0.4, -0.2) is 14.8 Å². The summed E-state index contributed by atoms with van der Waals surface area (Å²) in [5.74, 6) is 1.63. The van der Waals surface area contributed by atoms with Gasteiger partial charge in [-0.1, -0.05) is 63.6 Å². The van der Waals surface area contributed by atoms with E-state index in [1.807, 2.05) is 48.0 Å². The Kier molecular flexibility index (Phi) is 4.86. The highest BCUT2D eigenvalue weighted by atomic mass is 79.9. The molecule has 112 valence electrons. The first-order valence-corrected chi connectivity index (χ1v) is 8.82. The number of aromatic nitrogens is 3. The fourth-order valence-corrected chi connectivity index (χ4v) is 3.40. The second-order valence-electron chi connectivity index (χ2n) is 4.76. The van der Waals surface area contributed by atoms with Crippen LogP contribution in [0.25, 0.3) is 11.4 Å². The molecule has 0 N–H and O–H groups in total. The highest BCUT2D eigenvalue weighted by Crippen LogP contribution is 2.29. The summed E-state index contributed by atoms with van der Waals surface area (Å²) in [4.78, 5) is 0. The number of hydrogen-bond acceptors (Lipinski definition) is 3. The van der Waals surface area contributed by atoms with Gasteiger partial charge in [-0.15, -0.1) is 10.2 Å². The first-order chi connectivity index (χ1) is 10.6. The number of thioether (sulfide) groups is 1. The summed E-state index contributed by atoms with van der Waals surface area (Å²) in [7, 11) is 1.96. The molecule has 6 heteroatoms. The molecule has 0 spiro atoms. The highest BCUT2D eigenvalue weighted by Gasteiger charge is 2.13. The monoisotopic (exact) mass is 393 g/mol. The van der Waals surface area contributed by atoms with Gasteiger partial charge in [-0.3, -0.25) is 0 Å². The summed E-state index contributed by atoms with van der Waals surface area (Å²) in [6.07, 6.45) is 0. The Bertz CT molecular complexity index is 786. The van der Waals surface area contributed by atoms with Gasteiger partial charge in [0.25, 0.3) is 0 Å². The minimum absolute atomic E-state index is 0.683. The van der Waals surface area contributed by atoms with E-state index in [1.165, 1.54) is 5.56 Å². The Hall–Kier alpha value is -1.30. The minimum atomic E-state index is 0.683. The standard InChI is InChI=1S/C16H13BrClN3S/c1-21-15(13-4-2-3-5-14(13)18)19-20-16(21)22-10-11-6-8-12(17)9-7-11/h2-9H,10H2,1H3. The molecule has 0 fully saturated rings. The molecule has 0 aliphatic carbocycles. The van der Waals surface area contributed by atoms with Crippen LogP contribution in [0.4, 0.5) is 0 Å². The highest BCUT2D eigenvalue weighted by molar-refractivity contribution is 9.10. The lowest BCUT2D eigenvalue weighted by Crippen LogP contribution is -1.95. The largest absolute Gasteiger partial charge is 0.305 e. The van der Waals surface area contributed by atoms with E-state index in [9.17, 15) is 0 Å². The molecule has 0 saturated carbocycles. The van der Waals surface area contributed by atoms with E-state index in [2.05, 4.69) is 38.3 Å². The molecule has 0 saturated heterocycles. The molecule has 1 aromatic heterocycles. The van der Waals surface area contributed by atoms with Crippen LogP contribution in [0.2, 0.25) is 5.02 Å². The summed E-state index contributed by atoms with van der Waals surface area (Å²) in [6, 6.07) is 16.0. The third-order valence-electron chi connectivity index (χ3n) is 3.23. The predicted molar refractivity (Wildman–Crippen MR) is 95.2 cm³/mol. The molecule has 0 aliphatic heterocycles. The van der Waals surface area contributed by atoms with Gasteiger partial charge < -0.3 is 4.57 Å². The van der Waals surface area contributed by atoms with Crippen LogP contribution in [0, 0.1) is 0 Å². The van der Waals surface area contributed by atoms with Gasteiger partial charge in [0.1, 0.15) is 0 Å². The molecule has 22 heavy (non-hydrogen) atoms. The summed E-state index contributed by atoms with van der Waals surface area (Å²) in [6.45, 7) is 0. The van der Waals surface area contributed by atoms with Gasteiger partial charge in [-0.25, -0.2) is 0 Å². The molecule has 3 aromatic rings. The fraction of sp³-hybridized carbons (Fsp3) is 0.125. The van der Waals surface area contributed by atoms with Crippen molar-refractivity contribution < 1.29 is 0 Å². The van der Waals surface area contributed by atoms with Gasteiger partial charge in [-0.05, 0) is 29.8 Å². The number of rotatable bonds is 4. The molecule has 3 nitrogen and oxygen atoms in total. The van der Waals surface area contributed by atoms with Crippen molar-refractivity contribution in [3.63, 3.8) is 0 Å². The van der Waals surface area contributed by atoms with Crippen molar-refractivity contribution in [2.75, 3.05) is 0 Å². The lowest BCUT2D eigenvalue weighted by Gasteiger charge is -2.05. The second-order valence-corrected chi connectivity index (χ2v) is 7.03. The average Bonchev–Trinajstić information content (AvgIpc) is 2.88. The molecule has 3 rings (SSSR count). The van der Waals surface area contributed by atoms with Gasteiger partial charge in [-0.2, -0.15) is 0 Å². The third-order valence-corrected chi connectivity index (χ3v) is 5.18. The van der Waals surface area contributed by atoms with Crippen molar-refractivity contribution >= 4 is 39.3 Å². The molecule has 2 aromatic carbocycles. The van der Waals surface area contributed by atoms with Crippen molar-refractivity contribution in [1.82, 2.24) is 14.8 Å². The van der Waals surface area contributed by atoms with Gasteiger partial charge in [0.2, 0.25) is 0 Å². The van der Waals surface area contributed by atoms with E-state index in [1.54, 1.807) is 11.8 Å². The van der Waals surface area contributed by atoms with Gasteiger partial charge in [0.05, 0.1) is 5.02 Å².